The summed E-state index contributed by atoms with van der Waals surface area (Å²) in [6.07, 6.45) is 0. The molecule has 0 aliphatic heterocycles. The topological polar surface area (TPSA) is 71.5 Å². The maximum Gasteiger partial charge on any atom is 0.356 e. The lowest BCUT2D eigenvalue weighted by Gasteiger charge is -2.16. The van der Waals surface area contributed by atoms with Crippen molar-refractivity contribution in [3.8, 4) is 11.3 Å². The first-order valence-electron chi connectivity index (χ1n) is 6.87. The Kier molecular flexibility index (Phi) is 5.68. The molecule has 0 radical (unpaired) electrons. The third-order valence-electron chi connectivity index (χ3n) is 3.12. The number of anilines is 1. The van der Waals surface area contributed by atoms with E-state index in [1.807, 2.05) is 6.92 Å². The molecular formula is C16H16BrFN2O3. The second kappa shape index (κ2) is 7.52. The van der Waals surface area contributed by atoms with Crippen LogP contribution in [0.2, 0.25) is 0 Å². The number of methoxy groups -OCH3 is 1. The van der Waals surface area contributed by atoms with Gasteiger partial charge in [-0.25, -0.2) is 14.2 Å². The monoisotopic (exact) mass is 382 g/mol. The number of ether oxygens (including phenoxy) is 1. The van der Waals surface area contributed by atoms with Crippen LogP contribution in [0.4, 0.5) is 10.1 Å². The molecule has 2 rings (SSSR count). The molecule has 0 aliphatic carbocycles. The van der Waals surface area contributed by atoms with E-state index in [0.717, 1.165) is 0 Å². The van der Waals surface area contributed by atoms with E-state index in [9.17, 15) is 14.3 Å². The van der Waals surface area contributed by atoms with Gasteiger partial charge in [-0.3, -0.25) is 0 Å². The summed E-state index contributed by atoms with van der Waals surface area (Å²) >= 11 is 3.27. The van der Waals surface area contributed by atoms with E-state index in [0.29, 0.717) is 16.8 Å². The highest BCUT2D eigenvalue weighted by Gasteiger charge is 2.17. The average Bonchev–Trinajstić information content (AvgIpc) is 2.50. The van der Waals surface area contributed by atoms with Crippen molar-refractivity contribution in [3.05, 3.63) is 46.3 Å². The van der Waals surface area contributed by atoms with Crippen LogP contribution in [-0.2, 0) is 4.74 Å². The number of hydrogen-bond donors (Lipinski definition) is 2. The highest BCUT2D eigenvalue weighted by molar-refractivity contribution is 9.10. The van der Waals surface area contributed by atoms with Crippen molar-refractivity contribution in [3.63, 3.8) is 0 Å². The Labute approximate surface area is 141 Å². The number of rotatable bonds is 6. The van der Waals surface area contributed by atoms with E-state index in [2.05, 4.69) is 26.2 Å². The van der Waals surface area contributed by atoms with Gasteiger partial charge in [-0.2, -0.15) is 0 Å². The number of aromatic carboxylic acids is 1. The summed E-state index contributed by atoms with van der Waals surface area (Å²) in [5, 5.41) is 12.4. The minimum atomic E-state index is -1.19. The van der Waals surface area contributed by atoms with Crippen molar-refractivity contribution in [1.29, 1.82) is 0 Å². The Bertz CT molecular complexity index is 724. The van der Waals surface area contributed by atoms with E-state index in [4.69, 9.17) is 4.74 Å². The van der Waals surface area contributed by atoms with E-state index in [-0.39, 0.29) is 23.0 Å². The van der Waals surface area contributed by atoms with Crippen molar-refractivity contribution < 1.29 is 19.0 Å². The summed E-state index contributed by atoms with van der Waals surface area (Å²) in [4.78, 5) is 15.6. The molecule has 2 aromatic rings. The van der Waals surface area contributed by atoms with Gasteiger partial charge in [0.15, 0.2) is 5.69 Å². The van der Waals surface area contributed by atoms with E-state index in [1.165, 1.54) is 6.07 Å². The molecular weight excluding hydrogens is 367 g/mol. The maximum atomic E-state index is 14.0. The van der Waals surface area contributed by atoms with Crippen LogP contribution in [0, 0.1) is 5.82 Å². The zero-order chi connectivity index (χ0) is 17.0. The van der Waals surface area contributed by atoms with Crippen molar-refractivity contribution in [2.45, 2.75) is 13.0 Å². The Balaban J connectivity index is 2.43. The number of carboxylic acid groups (broad SMARTS) is 1. The van der Waals surface area contributed by atoms with Crippen LogP contribution in [0.1, 0.15) is 17.4 Å². The van der Waals surface area contributed by atoms with E-state index in [1.54, 1.807) is 31.4 Å². The molecule has 0 spiro atoms. The number of carboxylic acids is 1. The molecule has 5 nitrogen and oxygen atoms in total. The van der Waals surface area contributed by atoms with Crippen molar-refractivity contribution in [2.24, 2.45) is 0 Å². The number of nitrogens with one attached hydrogen (secondary N) is 1. The number of nitrogens with zero attached hydrogens (tertiary/aromatic N) is 1. The molecule has 1 aromatic carbocycles. The van der Waals surface area contributed by atoms with Crippen LogP contribution in [0.5, 0.6) is 0 Å². The molecule has 0 amide bonds. The number of carbonyl (C=O) groups is 1. The number of pyridine rings is 1. The van der Waals surface area contributed by atoms with Gasteiger partial charge < -0.3 is 15.2 Å². The molecule has 0 saturated carbocycles. The second-order valence-electron chi connectivity index (χ2n) is 5.02. The average molecular weight is 383 g/mol. The molecule has 1 heterocycles. The Morgan fingerprint density at radius 3 is 2.83 bits per heavy atom. The van der Waals surface area contributed by atoms with Crippen LogP contribution >= 0.6 is 15.9 Å². The van der Waals surface area contributed by atoms with Gasteiger partial charge in [0.1, 0.15) is 5.82 Å². The van der Waals surface area contributed by atoms with Gasteiger partial charge in [0.05, 0.1) is 18.0 Å². The summed E-state index contributed by atoms with van der Waals surface area (Å²) in [5.41, 5.74) is 0.690. The van der Waals surface area contributed by atoms with Crippen molar-refractivity contribution >= 4 is 27.6 Å². The van der Waals surface area contributed by atoms with Gasteiger partial charge in [-0.05, 0) is 37.3 Å². The van der Waals surface area contributed by atoms with Gasteiger partial charge in [0, 0.05) is 23.2 Å². The Hall–Kier alpha value is -1.99. The predicted octanol–water partition coefficient (Wildman–Crippen LogP) is 3.80. The largest absolute Gasteiger partial charge is 0.476 e. The summed E-state index contributed by atoms with van der Waals surface area (Å²) in [7, 11) is 1.56. The highest BCUT2D eigenvalue weighted by atomic mass is 79.9. The standard InChI is InChI=1S/C16H16BrFN2O3/c1-9(8-23-2)19-14-6-5-13(20-15(14)16(21)22)11-7-10(17)3-4-12(11)18/h3-7,9,19H,8H2,1-2H3,(H,21,22). The number of benzene rings is 1. The van der Waals surface area contributed by atoms with Gasteiger partial charge in [-0.1, -0.05) is 15.9 Å². The molecule has 1 aromatic heterocycles. The fraction of sp³-hybridized carbons (Fsp3) is 0.250. The maximum absolute atomic E-state index is 14.0. The molecule has 0 bridgehead atoms. The number of hydrogen-bond acceptors (Lipinski definition) is 4. The molecule has 7 heteroatoms. The molecule has 1 atom stereocenters. The first kappa shape index (κ1) is 17.4. The summed E-state index contributed by atoms with van der Waals surface area (Å²) in [5.74, 6) is -1.65. The summed E-state index contributed by atoms with van der Waals surface area (Å²) in [6, 6.07) is 7.50. The molecule has 23 heavy (non-hydrogen) atoms. The van der Waals surface area contributed by atoms with E-state index < -0.39 is 11.8 Å². The van der Waals surface area contributed by atoms with Gasteiger partial charge in [0.25, 0.3) is 0 Å². The molecule has 0 saturated heterocycles. The third-order valence-corrected chi connectivity index (χ3v) is 3.61. The molecule has 0 aliphatic rings. The smallest absolute Gasteiger partial charge is 0.356 e. The van der Waals surface area contributed by atoms with Crippen LogP contribution < -0.4 is 5.32 Å². The molecule has 1 unspecified atom stereocenters. The third kappa shape index (κ3) is 4.27. The molecule has 122 valence electrons. The SMILES string of the molecule is COCC(C)Nc1ccc(-c2cc(Br)ccc2F)nc1C(=O)O. The van der Waals surface area contributed by atoms with Gasteiger partial charge in [0.2, 0.25) is 0 Å². The molecule has 2 N–H and O–H groups in total. The first-order chi connectivity index (χ1) is 10.9. The predicted molar refractivity (Wildman–Crippen MR) is 89.3 cm³/mol. The Morgan fingerprint density at radius 2 is 2.17 bits per heavy atom. The fourth-order valence-corrected chi connectivity index (χ4v) is 2.50. The van der Waals surface area contributed by atoms with Crippen LogP contribution in [0.15, 0.2) is 34.8 Å². The van der Waals surface area contributed by atoms with Crippen molar-refractivity contribution in [1.82, 2.24) is 4.98 Å². The lowest BCUT2D eigenvalue weighted by molar-refractivity contribution is 0.0691. The second-order valence-corrected chi connectivity index (χ2v) is 5.94. The lowest BCUT2D eigenvalue weighted by Crippen LogP contribution is -2.22. The Morgan fingerprint density at radius 1 is 1.43 bits per heavy atom. The van der Waals surface area contributed by atoms with Crippen LogP contribution in [0.3, 0.4) is 0 Å². The highest BCUT2D eigenvalue weighted by Crippen LogP contribution is 2.27. The summed E-state index contributed by atoms with van der Waals surface area (Å²) in [6.45, 7) is 2.28. The normalized spacial score (nSPS) is 12.0. The fourth-order valence-electron chi connectivity index (χ4n) is 2.14. The summed E-state index contributed by atoms with van der Waals surface area (Å²) < 4.78 is 19.7. The van der Waals surface area contributed by atoms with Crippen LogP contribution in [-0.4, -0.2) is 35.8 Å². The van der Waals surface area contributed by atoms with Gasteiger partial charge in [-0.15, -0.1) is 0 Å². The van der Waals surface area contributed by atoms with Crippen molar-refractivity contribution in [2.75, 3.05) is 19.0 Å². The zero-order valence-corrected chi connectivity index (χ0v) is 14.2. The van der Waals surface area contributed by atoms with Crippen LogP contribution in [0.25, 0.3) is 11.3 Å². The zero-order valence-electron chi connectivity index (χ0n) is 12.6. The minimum absolute atomic E-state index is 0.0895. The van der Waals surface area contributed by atoms with Gasteiger partial charge >= 0.3 is 5.97 Å². The minimum Gasteiger partial charge on any atom is -0.476 e. The quantitative estimate of drug-likeness (QED) is 0.794. The lowest BCUT2D eigenvalue weighted by atomic mass is 10.1. The molecule has 0 fully saturated rings. The number of halogens is 2. The van der Waals surface area contributed by atoms with E-state index >= 15 is 0 Å². The number of aromatic nitrogens is 1. The first-order valence-corrected chi connectivity index (χ1v) is 7.67.